The number of aromatic amines is 1. The third kappa shape index (κ3) is 2.38. The molecule has 0 aliphatic rings. The van der Waals surface area contributed by atoms with E-state index in [9.17, 15) is 4.91 Å². The molecule has 2 heterocycles. The third-order valence-corrected chi connectivity index (χ3v) is 2.33. The minimum atomic E-state index is -0.00380. The number of nitrogens with one attached hydrogen (secondary N) is 1. The van der Waals surface area contributed by atoms with Gasteiger partial charge in [0.25, 0.3) is 0 Å². The minimum Gasteiger partial charge on any atom is -0.460 e. The zero-order valence-electron chi connectivity index (χ0n) is 9.67. The van der Waals surface area contributed by atoms with Crippen molar-refractivity contribution in [3.63, 3.8) is 0 Å². The van der Waals surface area contributed by atoms with Crippen molar-refractivity contribution in [2.24, 2.45) is 5.18 Å². The van der Waals surface area contributed by atoms with Crippen LogP contribution in [0.1, 0.15) is 26.7 Å². The summed E-state index contributed by atoms with van der Waals surface area (Å²) in [5.74, 6) is 0.0196. The second-order valence-electron chi connectivity index (χ2n) is 3.74. The van der Waals surface area contributed by atoms with Crippen LogP contribution < -0.4 is 4.74 Å². The number of H-pyrrole nitrogens is 1. The van der Waals surface area contributed by atoms with Gasteiger partial charge in [0.05, 0.1) is 12.4 Å². The van der Waals surface area contributed by atoms with E-state index in [1.807, 2.05) is 6.92 Å². The molecule has 7 heteroatoms. The summed E-state index contributed by atoms with van der Waals surface area (Å²) < 4.78 is 5.50. The summed E-state index contributed by atoms with van der Waals surface area (Å²) in [6, 6.07) is 0.139. The van der Waals surface area contributed by atoms with E-state index in [0.717, 1.165) is 12.8 Å². The molecule has 1 unspecified atom stereocenters. The van der Waals surface area contributed by atoms with Crippen molar-refractivity contribution < 1.29 is 4.74 Å². The monoisotopic (exact) mass is 235 g/mol. The molecule has 1 N–H and O–H groups in total. The average Bonchev–Trinajstić information content (AvgIpc) is 2.76. The molecule has 0 spiro atoms. The average molecular weight is 235 g/mol. The summed E-state index contributed by atoms with van der Waals surface area (Å²) in [7, 11) is 0. The highest BCUT2D eigenvalue weighted by atomic mass is 16.5. The van der Waals surface area contributed by atoms with Gasteiger partial charge in [-0.3, -0.25) is 0 Å². The van der Waals surface area contributed by atoms with Crippen molar-refractivity contribution in [2.75, 3.05) is 0 Å². The molecule has 7 nitrogen and oxygen atoms in total. The lowest BCUT2D eigenvalue weighted by atomic mass is 10.2. The van der Waals surface area contributed by atoms with Crippen LogP contribution in [-0.4, -0.2) is 26.0 Å². The van der Waals surface area contributed by atoms with E-state index in [1.165, 1.54) is 6.33 Å². The maximum Gasteiger partial charge on any atom is 0.321 e. The van der Waals surface area contributed by atoms with E-state index < -0.39 is 0 Å². The lowest BCUT2D eigenvalue weighted by Gasteiger charge is -2.11. The van der Waals surface area contributed by atoms with Crippen molar-refractivity contribution in [1.82, 2.24) is 19.9 Å². The maximum atomic E-state index is 10.6. The standard InChI is InChI=1S/C10H13N5O2/c1-3-4-6(2)17-10-13-8-7(11-5-12-8)9(14-10)15-16/h5-6H,3-4H2,1-2H3,(H,11,12,13,14). The lowest BCUT2D eigenvalue weighted by Crippen LogP contribution is -2.13. The van der Waals surface area contributed by atoms with Crippen LogP contribution in [0.25, 0.3) is 11.2 Å². The van der Waals surface area contributed by atoms with Crippen LogP contribution in [0.2, 0.25) is 0 Å². The Morgan fingerprint density at radius 1 is 1.53 bits per heavy atom. The fourth-order valence-corrected chi connectivity index (χ4v) is 1.56. The molecule has 0 bridgehead atoms. The van der Waals surface area contributed by atoms with Gasteiger partial charge < -0.3 is 9.72 Å². The second kappa shape index (κ2) is 4.86. The van der Waals surface area contributed by atoms with Crippen molar-refractivity contribution in [1.29, 1.82) is 0 Å². The first-order valence-electron chi connectivity index (χ1n) is 5.45. The van der Waals surface area contributed by atoms with E-state index in [0.29, 0.717) is 11.2 Å². The van der Waals surface area contributed by atoms with Crippen molar-refractivity contribution in [2.45, 2.75) is 32.8 Å². The van der Waals surface area contributed by atoms with Gasteiger partial charge in [-0.2, -0.15) is 9.97 Å². The normalized spacial score (nSPS) is 12.6. The van der Waals surface area contributed by atoms with E-state index >= 15 is 0 Å². The molecule has 2 rings (SSSR count). The maximum absolute atomic E-state index is 10.6. The highest BCUT2D eigenvalue weighted by Crippen LogP contribution is 2.22. The van der Waals surface area contributed by atoms with Gasteiger partial charge in [-0.25, -0.2) is 4.98 Å². The second-order valence-corrected chi connectivity index (χ2v) is 3.74. The van der Waals surface area contributed by atoms with Gasteiger partial charge >= 0.3 is 6.01 Å². The van der Waals surface area contributed by atoms with E-state index in [2.05, 4.69) is 32.0 Å². The zero-order chi connectivity index (χ0) is 12.3. The Bertz CT molecular complexity index is 524. The van der Waals surface area contributed by atoms with E-state index in [-0.39, 0.29) is 17.9 Å². The Morgan fingerprint density at radius 2 is 2.35 bits per heavy atom. The van der Waals surface area contributed by atoms with Gasteiger partial charge in [0.2, 0.25) is 5.82 Å². The highest BCUT2D eigenvalue weighted by Gasteiger charge is 2.13. The predicted molar refractivity (Wildman–Crippen MR) is 62.1 cm³/mol. The summed E-state index contributed by atoms with van der Waals surface area (Å²) in [4.78, 5) is 25.4. The molecular formula is C10H13N5O2. The number of fused-ring (bicyclic) bond motifs is 1. The molecule has 0 aromatic carbocycles. The molecule has 0 aliphatic heterocycles. The molecule has 0 saturated heterocycles. The Balaban J connectivity index is 2.31. The quantitative estimate of drug-likeness (QED) is 0.802. The Hall–Kier alpha value is -2.05. The third-order valence-electron chi connectivity index (χ3n) is 2.33. The number of hydrogen-bond acceptors (Lipinski definition) is 6. The summed E-state index contributed by atoms with van der Waals surface area (Å²) >= 11 is 0. The Kier molecular flexibility index (Phi) is 3.27. The summed E-state index contributed by atoms with van der Waals surface area (Å²) in [6.07, 6.45) is 3.33. The first-order chi connectivity index (χ1) is 8.24. The van der Waals surface area contributed by atoms with Crippen LogP contribution in [0, 0.1) is 4.91 Å². The minimum absolute atomic E-state index is 0.00380. The van der Waals surface area contributed by atoms with Crippen LogP contribution in [0.3, 0.4) is 0 Å². The van der Waals surface area contributed by atoms with E-state index in [4.69, 9.17) is 4.74 Å². The summed E-state index contributed by atoms with van der Waals surface area (Å²) in [6.45, 7) is 3.99. The SMILES string of the molecule is CCCC(C)Oc1nc(N=O)c2[nH]cnc2n1. The van der Waals surface area contributed by atoms with Crippen LogP contribution in [0.15, 0.2) is 11.5 Å². The number of nitrogens with zero attached hydrogens (tertiary/aromatic N) is 4. The molecule has 90 valence electrons. The van der Waals surface area contributed by atoms with Gasteiger partial charge in [-0.05, 0) is 18.5 Å². The molecule has 1 atom stereocenters. The fourth-order valence-electron chi connectivity index (χ4n) is 1.56. The van der Waals surface area contributed by atoms with Crippen molar-refractivity contribution >= 4 is 17.0 Å². The molecular weight excluding hydrogens is 222 g/mol. The zero-order valence-corrected chi connectivity index (χ0v) is 9.67. The number of aromatic nitrogens is 4. The molecule has 17 heavy (non-hydrogen) atoms. The molecule has 0 aliphatic carbocycles. The number of ether oxygens (including phenoxy) is 1. The largest absolute Gasteiger partial charge is 0.460 e. The predicted octanol–water partition coefficient (Wildman–Crippen LogP) is 2.32. The number of imidazole rings is 1. The molecule has 0 amide bonds. The molecule has 0 radical (unpaired) electrons. The topological polar surface area (TPSA) is 93.1 Å². The molecule has 0 saturated carbocycles. The number of hydrogen-bond donors (Lipinski definition) is 1. The Morgan fingerprint density at radius 3 is 3.06 bits per heavy atom. The van der Waals surface area contributed by atoms with Crippen molar-refractivity contribution in [3.8, 4) is 6.01 Å². The van der Waals surface area contributed by atoms with Gasteiger partial charge in [-0.15, -0.1) is 4.91 Å². The van der Waals surface area contributed by atoms with Gasteiger partial charge in [0, 0.05) is 0 Å². The van der Waals surface area contributed by atoms with Crippen LogP contribution in [-0.2, 0) is 0 Å². The fraction of sp³-hybridized carbons (Fsp3) is 0.500. The smallest absolute Gasteiger partial charge is 0.321 e. The highest BCUT2D eigenvalue weighted by molar-refractivity contribution is 5.80. The lowest BCUT2D eigenvalue weighted by molar-refractivity contribution is 0.193. The molecule has 2 aromatic heterocycles. The van der Waals surface area contributed by atoms with Crippen LogP contribution in [0.4, 0.5) is 5.82 Å². The summed E-state index contributed by atoms with van der Waals surface area (Å²) in [5.41, 5.74) is 0.809. The van der Waals surface area contributed by atoms with Crippen LogP contribution in [0.5, 0.6) is 6.01 Å². The van der Waals surface area contributed by atoms with Gasteiger partial charge in [-0.1, -0.05) is 13.3 Å². The first kappa shape index (κ1) is 11.4. The first-order valence-corrected chi connectivity index (χ1v) is 5.45. The van der Waals surface area contributed by atoms with E-state index in [1.54, 1.807) is 0 Å². The molecule has 2 aromatic rings. The molecule has 0 fully saturated rings. The van der Waals surface area contributed by atoms with Gasteiger partial charge in [0.15, 0.2) is 5.65 Å². The van der Waals surface area contributed by atoms with Crippen LogP contribution >= 0.6 is 0 Å². The van der Waals surface area contributed by atoms with Gasteiger partial charge in [0.1, 0.15) is 5.52 Å². The number of rotatable bonds is 5. The Labute approximate surface area is 97.6 Å². The van der Waals surface area contributed by atoms with Crippen molar-refractivity contribution in [3.05, 3.63) is 11.2 Å². The summed E-state index contributed by atoms with van der Waals surface area (Å²) in [5, 5.41) is 2.83. The number of nitroso groups, excluding NO2 is 1.